The lowest BCUT2D eigenvalue weighted by Gasteiger charge is -2.26. The zero-order valence-corrected chi connectivity index (χ0v) is 8.96. The molecule has 0 bridgehead atoms. The lowest BCUT2D eigenvalue weighted by atomic mass is 10.1. The summed E-state index contributed by atoms with van der Waals surface area (Å²) in [4.78, 5) is 15.8. The summed E-state index contributed by atoms with van der Waals surface area (Å²) in [5.41, 5.74) is 1.45. The molecular formula is C13H10N2O2. The minimum atomic E-state index is -0.444. The van der Waals surface area contributed by atoms with Crippen LogP contribution < -0.4 is 10.1 Å². The van der Waals surface area contributed by atoms with Crippen LogP contribution in [0.25, 0.3) is 0 Å². The highest BCUT2D eigenvalue weighted by atomic mass is 16.5. The second-order valence-corrected chi connectivity index (χ2v) is 3.75. The van der Waals surface area contributed by atoms with E-state index in [0.29, 0.717) is 11.3 Å². The maximum Gasteiger partial charge on any atom is 0.258 e. The predicted molar refractivity (Wildman–Crippen MR) is 61.5 cm³/mol. The van der Waals surface area contributed by atoms with Crippen LogP contribution >= 0.6 is 0 Å². The van der Waals surface area contributed by atoms with E-state index in [9.17, 15) is 4.79 Å². The summed E-state index contributed by atoms with van der Waals surface area (Å²) in [7, 11) is 0. The van der Waals surface area contributed by atoms with Gasteiger partial charge in [0.15, 0.2) is 6.23 Å². The van der Waals surface area contributed by atoms with Crippen molar-refractivity contribution in [2.24, 2.45) is 0 Å². The van der Waals surface area contributed by atoms with E-state index in [2.05, 4.69) is 10.3 Å². The number of nitrogens with zero attached hydrogens (tertiary/aromatic N) is 1. The number of hydrogen-bond acceptors (Lipinski definition) is 3. The third-order valence-corrected chi connectivity index (χ3v) is 2.65. The standard InChI is InChI=1S/C13H10N2O2/c16-12-10-3-1-2-4-11(10)17-13(15-12)9-5-7-14-8-6-9/h1-8,13H,(H,15,16)/t13-/m1/s1. The highest BCUT2D eigenvalue weighted by molar-refractivity contribution is 5.97. The van der Waals surface area contributed by atoms with E-state index in [-0.39, 0.29) is 5.91 Å². The number of ether oxygens (including phenoxy) is 1. The third-order valence-electron chi connectivity index (χ3n) is 2.65. The largest absolute Gasteiger partial charge is 0.466 e. The molecule has 0 fully saturated rings. The Morgan fingerprint density at radius 1 is 1.12 bits per heavy atom. The summed E-state index contributed by atoms with van der Waals surface area (Å²) in [6.07, 6.45) is 2.90. The molecule has 0 saturated carbocycles. The topological polar surface area (TPSA) is 51.2 Å². The maximum absolute atomic E-state index is 11.9. The Bertz CT molecular complexity index is 554. The Morgan fingerprint density at radius 3 is 2.71 bits per heavy atom. The minimum Gasteiger partial charge on any atom is -0.466 e. The molecule has 0 aliphatic carbocycles. The van der Waals surface area contributed by atoms with Gasteiger partial charge in [0.1, 0.15) is 5.75 Å². The summed E-state index contributed by atoms with van der Waals surface area (Å²) in [5.74, 6) is 0.492. The molecule has 4 nitrogen and oxygen atoms in total. The SMILES string of the molecule is O=C1N[C@@H](c2ccncc2)Oc2ccccc21. The molecule has 4 heteroatoms. The van der Waals surface area contributed by atoms with Crippen molar-refractivity contribution in [1.82, 2.24) is 10.3 Å². The second kappa shape index (κ2) is 3.90. The first kappa shape index (κ1) is 9.84. The smallest absolute Gasteiger partial charge is 0.258 e. The first-order valence-corrected chi connectivity index (χ1v) is 5.31. The molecule has 1 aromatic carbocycles. The Kier molecular flexibility index (Phi) is 2.26. The van der Waals surface area contributed by atoms with Crippen molar-refractivity contribution in [3.8, 4) is 5.75 Å². The van der Waals surface area contributed by atoms with E-state index in [0.717, 1.165) is 5.56 Å². The molecule has 0 unspecified atom stereocenters. The molecule has 0 saturated heterocycles. The predicted octanol–water partition coefficient (Wildman–Crippen LogP) is 1.90. The van der Waals surface area contributed by atoms with Gasteiger partial charge >= 0.3 is 0 Å². The molecule has 0 radical (unpaired) electrons. The fraction of sp³-hybridized carbons (Fsp3) is 0.0769. The molecule has 1 atom stereocenters. The van der Waals surface area contributed by atoms with Crippen molar-refractivity contribution < 1.29 is 9.53 Å². The van der Waals surface area contributed by atoms with Crippen molar-refractivity contribution in [3.63, 3.8) is 0 Å². The summed E-state index contributed by atoms with van der Waals surface area (Å²) in [6, 6.07) is 10.8. The van der Waals surface area contributed by atoms with Crippen molar-refractivity contribution in [1.29, 1.82) is 0 Å². The molecule has 1 N–H and O–H groups in total. The first-order chi connectivity index (χ1) is 8.34. The number of fused-ring (bicyclic) bond motifs is 1. The highest BCUT2D eigenvalue weighted by Gasteiger charge is 2.25. The lowest BCUT2D eigenvalue weighted by molar-refractivity contribution is 0.0756. The molecule has 1 amide bonds. The molecule has 2 heterocycles. The van der Waals surface area contributed by atoms with Crippen LogP contribution in [-0.4, -0.2) is 10.9 Å². The van der Waals surface area contributed by atoms with Gasteiger partial charge in [-0.1, -0.05) is 12.1 Å². The number of carbonyl (C=O) groups is 1. The highest BCUT2D eigenvalue weighted by Crippen LogP contribution is 2.28. The molecule has 2 aromatic rings. The second-order valence-electron chi connectivity index (χ2n) is 3.75. The zero-order valence-electron chi connectivity index (χ0n) is 8.96. The number of para-hydroxylation sites is 1. The normalized spacial score (nSPS) is 17.9. The number of carbonyl (C=O) groups excluding carboxylic acids is 1. The van der Waals surface area contributed by atoms with Crippen molar-refractivity contribution in [3.05, 3.63) is 59.9 Å². The molecule has 1 aromatic heterocycles. The quantitative estimate of drug-likeness (QED) is 0.808. The fourth-order valence-electron chi connectivity index (χ4n) is 1.80. The fourth-order valence-corrected chi connectivity index (χ4v) is 1.80. The number of pyridine rings is 1. The van der Waals surface area contributed by atoms with Gasteiger partial charge in [0.25, 0.3) is 5.91 Å². The number of rotatable bonds is 1. The Hall–Kier alpha value is -2.36. The van der Waals surface area contributed by atoms with Crippen molar-refractivity contribution >= 4 is 5.91 Å². The van der Waals surface area contributed by atoms with Crippen LogP contribution in [0.5, 0.6) is 5.75 Å². The molecule has 1 aliphatic heterocycles. The first-order valence-electron chi connectivity index (χ1n) is 5.31. The lowest BCUT2D eigenvalue weighted by Crippen LogP contribution is -2.36. The van der Waals surface area contributed by atoms with Crippen LogP contribution in [0.1, 0.15) is 22.1 Å². The van der Waals surface area contributed by atoms with Gasteiger partial charge < -0.3 is 10.1 Å². The molecular weight excluding hydrogens is 216 g/mol. The number of nitrogens with one attached hydrogen (secondary N) is 1. The molecule has 3 rings (SSSR count). The van der Waals surface area contributed by atoms with Gasteiger partial charge in [-0.25, -0.2) is 0 Å². The van der Waals surface area contributed by atoms with Crippen LogP contribution in [0, 0.1) is 0 Å². The minimum absolute atomic E-state index is 0.117. The number of benzene rings is 1. The Morgan fingerprint density at radius 2 is 1.88 bits per heavy atom. The van der Waals surface area contributed by atoms with Gasteiger partial charge in [0.2, 0.25) is 0 Å². The summed E-state index contributed by atoms with van der Waals surface area (Å²) >= 11 is 0. The van der Waals surface area contributed by atoms with Crippen molar-refractivity contribution in [2.45, 2.75) is 6.23 Å². The van der Waals surface area contributed by atoms with Gasteiger partial charge in [0, 0.05) is 18.0 Å². The molecule has 0 spiro atoms. The van der Waals surface area contributed by atoms with E-state index < -0.39 is 6.23 Å². The third kappa shape index (κ3) is 1.73. The van der Waals surface area contributed by atoms with Gasteiger partial charge in [-0.3, -0.25) is 9.78 Å². The van der Waals surface area contributed by atoms with E-state index in [1.807, 2.05) is 24.3 Å². The molecule has 17 heavy (non-hydrogen) atoms. The average Bonchev–Trinajstić information content (AvgIpc) is 2.40. The van der Waals surface area contributed by atoms with E-state index >= 15 is 0 Å². The van der Waals surface area contributed by atoms with Gasteiger partial charge in [0.05, 0.1) is 5.56 Å². The van der Waals surface area contributed by atoms with E-state index in [1.165, 1.54) is 0 Å². The summed E-state index contributed by atoms with van der Waals surface area (Å²) < 4.78 is 5.73. The Labute approximate surface area is 98.3 Å². The van der Waals surface area contributed by atoms with E-state index in [4.69, 9.17) is 4.74 Å². The van der Waals surface area contributed by atoms with Crippen LogP contribution in [0.4, 0.5) is 0 Å². The maximum atomic E-state index is 11.9. The van der Waals surface area contributed by atoms with Crippen LogP contribution in [0.2, 0.25) is 0 Å². The average molecular weight is 226 g/mol. The van der Waals surface area contributed by atoms with Gasteiger partial charge in [-0.2, -0.15) is 0 Å². The number of aromatic nitrogens is 1. The summed E-state index contributed by atoms with van der Waals surface area (Å²) in [6.45, 7) is 0. The van der Waals surface area contributed by atoms with Crippen LogP contribution in [-0.2, 0) is 0 Å². The summed E-state index contributed by atoms with van der Waals surface area (Å²) in [5, 5.41) is 2.80. The molecule has 1 aliphatic rings. The molecule has 84 valence electrons. The monoisotopic (exact) mass is 226 g/mol. The van der Waals surface area contributed by atoms with Gasteiger partial charge in [-0.15, -0.1) is 0 Å². The number of amides is 1. The van der Waals surface area contributed by atoms with Crippen molar-refractivity contribution in [2.75, 3.05) is 0 Å². The Balaban J connectivity index is 1.97. The number of hydrogen-bond donors (Lipinski definition) is 1. The zero-order chi connectivity index (χ0) is 11.7. The van der Waals surface area contributed by atoms with Crippen LogP contribution in [0.3, 0.4) is 0 Å². The van der Waals surface area contributed by atoms with E-state index in [1.54, 1.807) is 24.5 Å². The van der Waals surface area contributed by atoms with Gasteiger partial charge in [-0.05, 0) is 24.3 Å². The van der Waals surface area contributed by atoms with Crippen LogP contribution in [0.15, 0.2) is 48.8 Å².